The fourth-order valence-corrected chi connectivity index (χ4v) is 6.53. The van der Waals surface area contributed by atoms with Gasteiger partial charge in [0.05, 0.1) is 12.7 Å². The standard InChI is InChI=1S/C22H27N3O2S/c26-22-17(11-24-12-20-6-19(24)13-27-20)1-2-21-18-5-16(9-25(21)22)8-23(10-18)7-15-3-4-28-14-15/h1-4,14,16,18-20H,5-13H2/t16-,18+,19+,20+/m0/s1. The van der Waals surface area contributed by atoms with E-state index in [9.17, 15) is 4.79 Å². The first-order chi connectivity index (χ1) is 13.7. The van der Waals surface area contributed by atoms with Gasteiger partial charge in [-0.25, -0.2) is 0 Å². The average Bonchev–Trinajstić information content (AvgIpc) is 3.43. The molecule has 28 heavy (non-hydrogen) atoms. The maximum absolute atomic E-state index is 13.3. The quantitative estimate of drug-likeness (QED) is 0.795. The number of hydrogen-bond acceptors (Lipinski definition) is 5. The highest BCUT2D eigenvalue weighted by atomic mass is 32.1. The second-order valence-corrected chi connectivity index (χ2v) is 9.88. The molecule has 148 valence electrons. The van der Waals surface area contributed by atoms with Gasteiger partial charge in [0.1, 0.15) is 0 Å². The van der Waals surface area contributed by atoms with Crippen molar-refractivity contribution in [3.8, 4) is 0 Å². The largest absolute Gasteiger partial charge is 0.375 e. The Labute approximate surface area is 169 Å². The van der Waals surface area contributed by atoms with E-state index < -0.39 is 0 Å². The Hall–Kier alpha value is -1.47. The highest BCUT2D eigenvalue weighted by molar-refractivity contribution is 7.07. The molecule has 0 N–H and O–H groups in total. The fraction of sp³-hybridized carbons (Fsp3) is 0.591. The summed E-state index contributed by atoms with van der Waals surface area (Å²) >= 11 is 1.77. The van der Waals surface area contributed by atoms with Crippen LogP contribution in [0.1, 0.15) is 35.6 Å². The summed E-state index contributed by atoms with van der Waals surface area (Å²) in [7, 11) is 0. The summed E-state index contributed by atoms with van der Waals surface area (Å²) in [6.45, 7) is 6.69. The van der Waals surface area contributed by atoms with Crippen molar-refractivity contribution in [1.82, 2.24) is 14.4 Å². The van der Waals surface area contributed by atoms with Crippen LogP contribution in [0.2, 0.25) is 0 Å². The molecular formula is C22H27N3O2S. The number of piperidine rings is 1. The molecule has 0 radical (unpaired) electrons. The lowest BCUT2D eigenvalue weighted by Gasteiger charge is -2.43. The zero-order valence-electron chi connectivity index (χ0n) is 16.1. The van der Waals surface area contributed by atoms with E-state index in [0.717, 1.165) is 57.9 Å². The van der Waals surface area contributed by atoms with Gasteiger partial charge in [0.25, 0.3) is 5.56 Å². The van der Waals surface area contributed by atoms with Crippen molar-refractivity contribution < 1.29 is 4.74 Å². The van der Waals surface area contributed by atoms with Crippen LogP contribution in [0.25, 0.3) is 0 Å². The second-order valence-electron chi connectivity index (χ2n) is 9.10. The van der Waals surface area contributed by atoms with E-state index in [1.54, 1.807) is 11.3 Å². The monoisotopic (exact) mass is 397 g/mol. The zero-order valence-corrected chi connectivity index (χ0v) is 16.9. The summed E-state index contributed by atoms with van der Waals surface area (Å²) in [5.74, 6) is 1.08. The molecule has 3 fully saturated rings. The van der Waals surface area contributed by atoms with Gasteiger partial charge in [-0.15, -0.1) is 0 Å². The summed E-state index contributed by atoms with van der Waals surface area (Å²) in [4.78, 5) is 18.3. The Kier molecular flexibility index (Phi) is 4.22. The van der Waals surface area contributed by atoms with Crippen LogP contribution < -0.4 is 5.56 Å². The molecule has 6 heteroatoms. The van der Waals surface area contributed by atoms with Crippen LogP contribution in [0.5, 0.6) is 0 Å². The third-order valence-corrected chi connectivity index (χ3v) is 7.86. The van der Waals surface area contributed by atoms with Gasteiger partial charge in [0.15, 0.2) is 0 Å². The van der Waals surface area contributed by atoms with Crippen molar-refractivity contribution in [3.05, 3.63) is 56.1 Å². The number of morpholine rings is 1. The maximum atomic E-state index is 13.3. The van der Waals surface area contributed by atoms with Crippen LogP contribution in [0, 0.1) is 5.92 Å². The number of ether oxygens (including phenoxy) is 1. The van der Waals surface area contributed by atoms with E-state index in [4.69, 9.17) is 4.74 Å². The highest BCUT2D eigenvalue weighted by Gasteiger charge is 2.39. The molecule has 0 saturated carbocycles. The first-order valence-electron chi connectivity index (χ1n) is 10.5. The van der Waals surface area contributed by atoms with Crippen LogP contribution in [0.4, 0.5) is 0 Å². The van der Waals surface area contributed by atoms with Crippen molar-refractivity contribution in [1.29, 1.82) is 0 Å². The predicted molar refractivity (Wildman–Crippen MR) is 110 cm³/mol. The topological polar surface area (TPSA) is 37.7 Å². The van der Waals surface area contributed by atoms with Crippen LogP contribution in [0.3, 0.4) is 0 Å². The number of thiophene rings is 1. The number of rotatable bonds is 4. The summed E-state index contributed by atoms with van der Waals surface area (Å²) in [5.41, 5.74) is 3.89. The Morgan fingerprint density at radius 1 is 1.07 bits per heavy atom. The lowest BCUT2D eigenvalue weighted by atomic mass is 9.83. The minimum absolute atomic E-state index is 0.252. The molecule has 6 rings (SSSR count). The van der Waals surface area contributed by atoms with Crippen molar-refractivity contribution in [2.75, 3.05) is 26.2 Å². The third-order valence-electron chi connectivity index (χ3n) is 7.13. The Morgan fingerprint density at radius 2 is 2.04 bits per heavy atom. The average molecular weight is 398 g/mol. The first-order valence-corrected chi connectivity index (χ1v) is 11.5. The van der Waals surface area contributed by atoms with Gasteiger partial charge in [-0.1, -0.05) is 6.07 Å². The van der Waals surface area contributed by atoms with E-state index >= 15 is 0 Å². The summed E-state index contributed by atoms with van der Waals surface area (Å²) in [6, 6.07) is 7.10. The lowest BCUT2D eigenvalue weighted by molar-refractivity contribution is 0.0270. The Balaban J connectivity index is 1.23. The number of pyridine rings is 1. The van der Waals surface area contributed by atoms with Gasteiger partial charge in [-0.05, 0) is 47.2 Å². The number of nitrogens with zero attached hydrogens (tertiary/aromatic N) is 3. The SMILES string of the molecule is O=c1c(CN2C[C@H]3C[C@@H]2CO3)ccc2n1C[C@H]1C[C@@H]2CN(Cc2ccsc2)C1. The minimum Gasteiger partial charge on any atom is -0.375 e. The maximum Gasteiger partial charge on any atom is 0.255 e. The number of aromatic nitrogens is 1. The summed E-state index contributed by atoms with van der Waals surface area (Å²) in [6.07, 6.45) is 2.75. The van der Waals surface area contributed by atoms with Crippen LogP contribution >= 0.6 is 11.3 Å². The molecule has 0 aliphatic carbocycles. The van der Waals surface area contributed by atoms with E-state index in [-0.39, 0.29) is 5.56 Å². The van der Waals surface area contributed by atoms with Crippen molar-refractivity contribution in [2.24, 2.45) is 5.92 Å². The third kappa shape index (κ3) is 2.98. The lowest BCUT2D eigenvalue weighted by Crippen LogP contribution is -2.47. The molecule has 4 aliphatic rings. The van der Waals surface area contributed by atoms with Crippen molar-refractivity contribution in [3.63, 3.8) is 0 Å². The molecule has 4 aliphatic heterocycles. The molecule has 0 spiro atoms. The molecule has 4 bridgehead atoms. The molecular weight excluding hydrogens is 370 g/mol. The molecule has 4 atom stereocenters. The van der Waals surface area contributed by atoms with Crippen molar-refractivity contribution >= 4 is 11.3 Å². The van der Waals surface area contributed by atoms with Crippen LogP contribution in [0.15, 0.2) is 33.8 Å². The van der Waals surface area contributed by atoms with Gasteiger partial charge in [-0.2, -0.15) is 11.3 Å². The van der Waals surface area contributed by atoms with Crippen molar-refractivity contribution in [2.45, 2.75) is 50.5 Å². The van der Waals surface area contributed by atoms with E-state index in [2.05, 4.69) is 43.3 Å². The zero-order chi connectivity index (χ0) is 18.7. The van der Waals surface area contributed by atoms with Crippen LogP contribution in [-0.2, 0) is 24.4 Å². The van der Waals surface area contributed by atoms with E-state index in [0.29, 0.717) is 24.0 Å². The van der Waals surface area contributed by atoms with E-state index in [1.807, 2.05) is 0 Å². The van der Waals surface area contributed by atoms with Gasteiger partial charge in [0, 0.05) is 62.5 Å². The molecule has 0 aromatic carbocycles. The highest BCUT2D eigenvalue weighted by Crippen LogP contribution is 2.36. The molecule has 6 heterocycles. The van der Waals surface area contributed by atoms with Crippen LogP contribution in [-0.4, -0.2) is 52.8 Å². The second kappa shape index (κ2) is 6.80. The Bertz CT molecular complexity index is 924. The fourth-order valence-electron chi connectivity index (χ4n) is 5.87. The van der Waals surface area contributed by atoms with E-state index in [1.165, 1.54) is 17.7 Å². The molecule has 2 aromatic rings. The molecule has 2 aromatic heterocycles. The molecule has 3 saturated heterocycles. The normalized spacial score (nSPS) is 32.0. The smallest absolute Gasteiger partial charge is 0.255 e. The van der Waals surface area contributed by atoms with Gasteiger partial charge < -0.3 is 9.30 Å². The summed E-state index contributed by atoms with van der Waals surface area (Å²) < 4.78 is 7.82. The first kappa shape index (κ1) is 17.4. The van der Waals surface area contributed by atoms with Gasteiger partial charge >= 0.3 is 0 Å². The minimum atomic E-state index is 0.252. The molecule has 5 nitrogen and oxygen atoms in total. The Morgan fingerprint density at radius 3 is 2.82 bits per heavy atom. The number of likely N-dealkylation sites (tertiary alicyclic amines) is 2. The predicted octanol–water partition coefficient (Wildman–Crippen LogP) is 2.50. The number of fused-ring (bicyclic) bond motifs is 6. The molecule has 0 unspecified atom stereocenters. The van der Waals surface area contributed by atoms with Gasteiger partial charge in [0.2, 0.25) is 0 Å². The summed E-state index contributed by atoms with van der Waals surface area (Å²) in [5, 5.41) is 4.42. The number of hydrogen-bond donors (Lipinski definition) is 0. The molecule has 0 amide bonds. The van der Waals surface area contributed by atoms with Gasteiger partial charge in [-0.3, -0.25) is 14.6 Å².